The van der Waals surface area contributed by atoms with Crippen molar-refractivity contribution < 1.29 is 9.47 Å². The fourth-order valence-corrected chi connectivity index (χ4v) is 9.02. The van der Waals surface area contributed by atoms with E-state index in [1.165, 1.54) is 33.4 Å². The summed E-state index contributed by atoms with van der Waals surface area (Å²) >= 11 is 0. The van der Waals surface area contributed by atoms with Gasteiger partial charge in [0.25, 0.3) is 0 Å². The maximum atomic E-state index is 6.43. The summed E-state index contributed by atoms with van der Waals surface area (Å²) in [6.07, 6.45) is 25.5. The lowest BCUT2D eigenvalue weighted by Crippen LogP contribution is -2.21. The summed E-state index contributed by atoms with van der Waals surface area (Å²) in [6, 6.07) is 49.2. The molecule has 0 aliphatic heterocycles. The maximum Gasteiger partial charge on any atom is 0.119 e. The van der Waals surface area contributed by atoms with E-state index in [2.05, 4.69) is 201 Å². The Morgan fingerprint density at radius 3 is 1.83 bits per heavy atom. The lowest BCUT2D eigenvalue weighted by atomic mass is 9.81. The van der Waals surface area contributed by atoms with Crippen LogP contribution in [0.3, 0.4) is 0 Å². The van der Waals surface area contributed by atoms with Crippen LogP contribution in [-0.4, -0.2) is 14.2 Å². The SMILES string of the molecule is C#C/C(=C\C=C(/C)N(/C=C/C)c1ccc(N(c2ccc(OC)cc2)c2ccc3c(c2)C(C)(C)c2ccccc2-3)cc1)N(C1=C/C=C/c2ccccc2C(C)(C)\C=C\1)c1ccc(OC)cc1. The predicted octanol–water partition coefficient (Wildman–Crippen LogP) is 15.2. The zero-order chi connectivity index (χ0) is 45.7. The molecule has 65 heavy (non-hydrogen) atoms. The lowest BCUT2D eigenvalue weighted by Gasteiger charge is -2.29. The standard InChI is InChI=1S/C60H57N3O2/c1-10-41-61(43(3)23-24-45(11-2)62(49-29-34-52(64-8)35-30-49)47-19-16-18-44-17-12-14-21-56(44)59(4,5)40-39-47)46-25-27-48(28-26-46)63(50-31-36-53(65-9)37-32-50)51-33-38-55-54-20-13-15-22-57(54)60(6,7)58(55)42-51/h2,10,12-42H,1,3-9H3/b18-16+,40-39+,41-10+,43-23+,45-24+,47-19+. The molecule has 0 unspecified atom stereocenters. The van der Waals surface area contributed by atoms with Crippen LogP contribution in [0.2, 0.25) is 0 Å². The third-order valence-electron chi connectivity index (χ3n) is 12.5. The van der Waals surface area contributed by atoms with Crippen LogP contribution in [0.5, 0.6) is 11.5 Å². The smallest absolute Gasteiger partial charge is 0.119 e. The molecule has 2 aliphatic carbocycles. The number of fused-ring (bicyclic) bond motifs is 4. The third kappa shape index (κ3) is 8.81. The van der Waals surface area contributed by atoms with Crippen LogP contribution in [0.15, 0.2) is 205 Å². The van der Waals surface area contributed by atoms with Crippen molar-refractivity contribution in [3.05, 3.63) is 228 Å². The summed E-state index contributed by atoms with van der Waals surface area (Å²) in [4.78, 5) is 6.62. The molecule has 0 heterocycles. The van der Waals surface area contributed by atoms with E-state index in [0.717, 1.165) is 51.3 Å². The number of anilines is 5. The summed E-state index contributed by atoms with van der Waals surface area (Å²) in [5.74, 6) is 4.61. The highest BCUT2D eigenvalue weighted by molar-refractivity contribution is 5.86. The molecule has 324 valence electrons. The van der Waals surface area contributed by atoms with Crippen LogP contribution < -0.4 is 24.2 Å². The molecule has 5 nitrogen and oxygen atoms in total. The van der Waals surface area contributed by atoms with Gasteiger partial charge in [-0.25, -0.2) is 0 Å². The second-order valence-electron chi connectivity index (χ2n) is 17.4. The molecule has 8 rings (SSSR count). The molecule has 0 spiro atoms. The van der Waals surface area contributed by atoms with Gasteiger partial charge in [-0.1, -0.05) is 113 Å². The number of terminal acetylenes is 1. The average Bonchev–Trinajstić information content (AvgIpc) is 3.59. The summed E-state index contributed by atoms with van der Waals surface area (Å²) < 4.78 is 11.1. The van der Waals surface area contributed by atoms with Crippen molar-refractivity contribution >= 4 is 34.5 Å². The molecule has 0 bridgehead atoms. The monoisotopic (exact) mass is 851 g/mol. The summed E-state index contributed by atoms with van der Waals surface area (Å²) in [7, 11) is 3.38. The number of benzene rings is 6. The Hall–Kier alpha value is -7.68. The average molecular weight is 852 g/mol. The molecule has 5 heteroatoms. The third-order valence-corrected chi connectivity index (χ3v) is 12.5. The van der Waals surface area contributed by atoms with Gasteiger partial charge in [-0.05, 0) is 156 Å². The van der Waals surface area contributed by atoms with Gasteiger partial charge in [0, 0.05) is 56.9 Å². The van der Waals surface area contributed by atoms with Crippen molar-refractivity contribution in [1.29, 1.82) is 0 Å². The predicted molar refractivity (Wildman–Crippen MR) is 274 cm³/mol. The van der Waals surface area contributed by atoms with Crippen LogP contribution in [0.25, 0.3) is 17.2 Å². The van der Waals surface area contributed by atoms with Gasteiger partial charge >= 0.3 is 0 Å². The molecule has 0 radical (unpaired) electrons. The van der Waals surface area contributed by atoms with Gasteiger partial charge in [-0.15, -0.1) is 6.42 Å². The number of hydrogen-bond donors (Lipinski definition) is 0. The molecule has 6 aromatic rings. The normalized spacial score (nSPS) is 16.6. The van der Waals surface area contributed by atoms with E-state index in [9.17, 15) is 0 Å². The Morgan fingerprint density at radius 2 is 1.18 bits per heavy atom. The zero-order valence-corrected chi connectivity index (χ0v) is 38.7. The first-order chi connectivity index (χ1) is 31.5. The van der Waals surface area contributed by atoms with Crippen molar-refractivity contribution in [3.63, 3.8) is 0 Å². The van der Waals surface area contributed by atoms with Crippen molar-refractivity contribution in [2.24, 2.45) is 0 Å². The van der Waals surface area contributed by atoms with Gasteiger partial charge in [-0.3, -0.25) is 0 Å². The van der Waals surface area contributed by atoms with Crippen LogP contribution >= 0.6 is 0 Å². The second kappa shape index (κ2) is 18.6. The Balaban J connectivity index is 1.15. The molecule has 0 aromatic heterocycles. The Bertz CT molecular complexity index is 2920. The van der Waals surface area contributed by atoms with Crippen LogP contribution in [0.4, 0.5) is 28.4 Å². The van der Waals surface area contributed by atoms with Crippen LogP contribution in [0.1, 0.15) is 63.8 Å². The van der Waals surface area contributed by atoms with Gasteiger partial charge in [-0.2, -0.15) is 0 Å². The Morgan fingerprint density at radius 1 is 0.615 bits per heavy atom. The fraction of sp³-hybridized carbons (Fsp3) is 0.167. The molecule has 0 saturated heterocycles. The molecule has 0 amide bonds. The number of hydrogen-bond acceptors (Lipinski definition) is 5. The van der Waals surface area contributed by atoms with Gasteiger partial charge in [0.15, 0.2) is 0 Å². The van der Waals surface area contributed by atoms with Crippen LogP contribution in [0, 0.1) is 12.3 Å². The molecule has 6 aromatic carbocycles. The van der Waals surface area contributed by atoms with E-state index in [1.807, 2.05) is 55.5 Å². The Kier molecular flexibility index (Phi) is 12.6. The summed E-state index contributed by atoms with van der Waals surface area (Å²) in [5, 5.41) is 0. The van der Waals surface area contributed by atoms with E-state index < -0.39 is 0 Å². The highest BCUT2D eigenvalue weighted by atomic mass is 16.5. The number of allylic oxidation sites excluding steroid dienone is 9. The highest BCUT2D eigenvalue weighted by Crippen LogP contribution is 2.50. The highest BCUT2D eigenvalue weighted by Gasteiger charge is 2.35. The molecule has 0 N–H and O–H groups in total. The van der Waals surface area contributed by atoms with Gasteiger partial charge < -0.3 is 24.2 Å². The molecular weight excluding hydrogens is 795 g/mol. The second-order valence-corrected chi connectivity index (χ2v) is 17.4. The van der Waals surface area contributed by atoms with Crippen molar-refractivity contribution in [2.75, 3.05) is 28.9 Å². The molecule has 0 fully saturated rings. The first-order valence-electron chi connectivity index (χ1n) is 22.1. The minimum Gasteiger partial charge on any atom is -0.497 e. The number of methoxy groups -OCH3 is 2. The van der Waals surface area contributed by atoms with E-state index in [0.29, 0.717) is 5.70 Å². The fourth-order valence-electron chi connectivity index (χ4n) is 9.02. The molecule has 2 aliphatic rings. The van der Waals surface area contributed by atoms with Gasteiger partial charge in [0.1, 0.15) is 11.5 Å². The first-order valence-corrected chi connectivity index (χ1v) is 22.1. The van der Waals surface area contributed by atoms with Gasteiger partial charge in [0.05, 0.1) is 19.9 Å². The number of rotatable bonds is 12. The summed E-state index contributed by atoms with van der Waals surface area (Å²) in [5.41, 5.74) is 15.0. The lowest BCUT2D eigenvalue weighted by molar-refractivity contribution is 0.414. The summed E-state index contributed by atoms with van der Waals surface area (Å²) in [6.45, 7) is 13.3. The van der Waals surface area contributed by atoms with Crippen molar-refractivity contribution in [3.8, 4) is 35.0 Å². The van der Waals surface area contributed by atoms with Crippen molar-refractivity contribution in [1.82, 2.24) is 0 Å². The van der Waals surface area contributed by atoms with E-state index in [-0.39, 0.29) is 10.8 Å². The topological polar surface area (TPSA) is 28.2 Å². The van der Waals surface area contributed by atoms with Gasteiger partial charge in [0.2, 0.25) is 0 Å². The zero-order valence-electron chi connectivity index (χ0n) is 38.7. The van der Waals surface area contributed by atoms with E-state index >= 15 is 0 Å². The largest absolute Gasteiger partial charge is 0.497 e. The van der Waals surface area contributed by atoms with E-state index in [1.54, 1.807) is 14.2 Å². The molecule has 0 atom stereocenters. The maximum absolute atomic E-state index is 6.43. The van der Waals surface area contributed by atoms with Crippen molar-refractivity contribution in [2.45, 2.75) is 52.4 Å². The number of nitrogens with zero attached hydrogens (tertiary/aromatic N) is 3. The quantitative estimate of drug-likeness (QED) is 0.0903. The van der Waals surface area contributed by atoms with Crippen LogP contribution in [-0.2, 0) is 10.8 Å². The Labute approximate surface area is 386 Å². The molecular formula is C60H57N3O2. The minimum absolute atomic E-state index is 0.129. The van der Waals surface area contributed by atoms with E-state index in [4.69, 9.17) is 15.9 Å². The number of ether oxygens (including phenoxy) is 2. The first kappa shape index (κ1) is 43.9. The molecule has 0 saturated carbocycles. The minimum atomic E-state index is -0.231.